The maximum atomic E-state index is 13.0. The van der Waals surface area contributed by atoms with Gasteiger partial charge in [0.1, 0.15) is 0 Å². The van der Waals surface area contributed by atoms with E-state index in [4.69, 9.17) is 0 Å². The Kier molecular flexibility index (Phi) is 55.7. The average Bonchev–Trinajstić information content (AvgIpc) is 3.43. The lowest BCUT2D eigenvalue weighted by atomic mass is 9.86. The van der Waals surface area contributed by atoms with Crippen molar-refractivity contribution in [2.45, 2.75) is 170 Å². The first-order valence-electron chi connectivity index (χ1n) is 26.3. The molecule has 0 aliphatic heterocycles. The number of benzene rings is 6. The fourth-order valence-corrected chi connectivity index (χ4v) is 6.67. The predicted molar refractivity (Wildman–Crippen MR) is 314 cm³/mol. The molecular formula is C65H102N2O2. The molecule has 384 valence electrons. The molecule has 4 nitrogen and oxygen atoms in total. The summed E-state index contributed by atoms with van der Waals surface area (Å²) in [5.41, 5.74) is 6.45. The van der Waals surface area contributed by atoms with Gasteiger partial charge in [0.25, 0.3) is 0 Å². The van der Waals surface area contributed by atoms with Crippen LogP contribution in [0.25, 0.3) is 0 Å². The van der Waals surface area contributed by atoms with Crippen LogP contribution in [0.5, 0.6) is 0 Å². The molecule has 0 bridgehead atoms. The highest BCUT2D eigenvalue weighted by Gasteiger charge is 2.24. The first kappa shape index (κ1) is 72.2. The van der Waals surface area contributed by atoms with Crippen LogP contribution in [0.4, 0.5) is 11.4 Å². The Morgan fingerprint density at radius 1 is 0.333 bits per heavy atom. The molecule has 0 saturated heterocycles. The molecule has 0 heterocycles. The third-order valence-electron chi connectivity index (χ3n) is 9.25. The van der Waals surface area contributed by atoms with E-state index in [1.54, 1.807) is 0 Å². The van der Waals surface area contributed by atoms with E-state index < -0.39 is 0 Å². The van der Waals surface area contributed by atoms with Crippen LogP contribution in [0.15, 0.2) is 182 Å². The van der Waals surface area contributed by atoms with Crippen LogP contribution in [0, 0.1) is 11.8 Å². The van der Waals surface area contributed by atoms with Crippen LogP contribution in [0.2, 0.25) is 0 Å². The van der Waals surface area contributed by atoms with E-state index in [0.29, 0.717) is 11.8 Å². The molecule has 0 radical (unpaired) electrons. The van der Waals surface area contributed by atoms with Gasteiger partial charge >= 0.3 is 0 Å². The number of rotatable bonds is 14. The topological polar surface area (TPSA) is 58.2 Å². The zero-order valence-electron chi connectivity index (χ0n) is 46.3. The van der Waals surface area contributed by atoms with Crippen molar-refractivity contribution in [3.63, 3.8) is 0 Å². The minimum atomic E-state index is -0.157. The first-order chi connectivity index (χ1) is 33.4. The van der Waals surface area contributed by atoms with Gasteiger partial charge in [0, 0.05) is 11.4 Å². The van der Waals surface area contributed by atoms with Crippen molar-refractivity contribution < 1.29 is 9.59 Å². The van der Waals surface area contributed by atoms with Crippen molar-refractivity contribution in [3.8, 4) is 0 Å². The Labute approximate surface area is 427 Å². The van der Waals surface area contributed by atoms with E-state index in [-0.39, 0.29) is 31.1 Å². The third kappa shape index (κ3) is 33.4. The van der Waals surface area contributed by atoms with E-state index in [9.17, 15) is 9.59 Å². The Bertz CT molecular complexity index is 1740. The summed E-state index contributed by atoms with van der Waals surface area (Å²) in [7, 11) is 0. The van der Waals surface area contributed by atoms with Crippen LogP contribution in [-0.4, -0.2) is 11.8 Å². The summed E-state index contributed by atoms with van der Waals surface area (Å²) in [4.78, 5) is 26.0. The zero-order valence-corrected chi connectivity index (χ0v) is 46.3. The lowest BCUT2D eigenvalue weighted by molar-refractivity contribution is -0.118. The van der Waals surface area contributed by atoms with Crippen LogP contribution < -0.4 is 10.6 Å². The summed E-state index contributed by atoms with van der Waals surface area (Å²) < 4.78 is 0. The van der Waals surface area contributed by atoms with Crippen LogP contribution in [0.1, 0.15) is 179 Å². The molecule has 0 fully saturated rings. The second kappa shape index (κ2) is 53.2. The SMILES string of the molecule is C.CC.CC.CC.CC.CC.CC.CC.CC.CC(Cc1ccccc1)C[C@@H](C(=O)Nc1ccccc1)c1ccccc1.CC(Cc1ccccc1)C[C@H](C(=O)Nc1ccccc1)c1ccccc1. The summed E-state index contributed by atoms with van der Waals surface area (Å²) in [6, 6.07) is 60.5. The van der Waals surface area contributed by atoms with E-state index in [0.717, 1.165) is 48.2 Å². The quantitative estimate of drug-likeness (QED) is 0.114. The summed E-state index contributed by atoms with van der Waals surface area (Å²) in [5.74, 6) is 0.614. The van der Waals surface area contributed by atoms with Crippen molar-refractivity contribution in [1.82, 2.24) is 0 Å². The highest BCUT2D eigenvalue weighted by Crippen LogP contribution is 2.29. The van der Waals surface area contributed by atoms with Gasteiger partial charge in [0.2, 0.25) is 11.8 Å². The number of nitrogens with one attached hydrogen (secondary N) is 2. The molecule has 69 heavy (non-hydrogen) atoms. The zero-order chi connectivity index (χ0) is 52.4. The van der Waals surface area contributed by atoms with Crippen molar-refractivity contribution in [2.24, 2.45) is 11.8 Å². The maximum absolute atomic E-state index is 13.0. The van der Waals surface area contributed by atoms with Gasteiger partial charge in [-0.1, -0.05) is 290 Å². The van der Waals surface area contributed by atoms with Crippen molar-refractivity contribution >= 4 is 23.2 Å². The van der Waals surface area contributed by atoms with Crippen LogP contribution in [0.3, 0.4) is 0 Å². The van der Waals surface area contributed by atoms with Gasteiger partial charge in [-0.05, 0) is 84.0 Å². The number of hydrogen-bond donors (Lipinski definition) is 2. The monoisotopic (exact) mass is 943 g/mol. The smallest absolute Gasteiger partial charge is 0.231 e. The molecule has 6 rings (SSSR count). The molecule has 0 aromatic heterocycles. The maximum Gasteiger partial charge on any atom is 0.231 e. The molecule has 6 aromatic carbocycles. The third-order valence-corrected chi connectivity index (χ3v) is 9.25. The molecule has 0 aliphatic carbocycles. The van der Waals surface area contributed by atoms with Gasteiger partial charge in [-0.3, -0.25) is 9.59 Å². The molecule has 2 amide bonds. The Hall–Kier alpha value is -5.74. The largest absolute Gasteiger partial charge is 0.326 e. The van der Waals surface area contributed by atoms with E-state index >= 15 is 0 Å². The standard InChI is InChI=1S/2C24H25NO.8C2H6.CH4/c2*1-19(17-20-11-5-2-6-12-20)18-23(21-13-7-3-8-14-21)24(26)25-22-15-9-4-10-16-22;8*1-2;/h2*2-16,19,23H,17-18H2,1H3,(H,25,26);8*1-2H3;1H4/t2*19?,23-;;;;;;;;;/m10........./s1. The minimum Gasteiger partial charge on any atom is -0.326 e. The van der Waals surface area contributed by atoms with Gasteiger partial charge in [-0.15, -0.1) is 0 Å². The molecule has 4 heteroatoms. The molecule has 6 aromatic rings. The van der Waals surface area contributed by atoms with E-state index in [1.807, 2.05) is 244 Å². The normalized spacial score (nSPS) is 10.5. The Morgan fingerprint density at radius 2 is 0.536 bits per heavy atom. The van der Waals surface area contributed by atoms with E-state index in [2.05, 4.69) is 73.0 Å². The number of carbonyl (C=O) groups is 2. The molecular weight excluding hydrogens is 841 g/mol. The van der Waals surface area contributed by atoms with Gasteiger partial charge < -0.3 is 10.6 Å². The molecule has 2 unspecified atom stereocenters. The number of para-hydroxylation sites is 2. The summed E-state index contributed by atoms with van der Waals surface area (Å²) in [6.45, 7) is 36.4. The molecule has 0 spiro atoms. The second-order valence-corrected chi connectivity index (χ2v) is 13.7. The molecule has 0 aliphatic rings. The van der Waals surface area contributed by atoms with Gasteiger partial charge in [0.15, 0.2) is 0 Å². The second-order valence-electron chi connectivity index (χ2n) is 13.7. The summed E-state index contributed by atoms with van der Waals surface area (Å²) in [6.07, 6.45) is 3.58. The van der Waals surface area contributed by atoms with Crippen molar-refractivity contribution in [2.75, 3.05) is 10.6 Å². The Balaban J connectivity index is -0.000000303. The lowest BCUT2D eigenvalue weighted by Gasteiger charge is -2.21. The lowest BCUT2D eigenvalue weighted by Crippen LogP contribution is -2.23. The van der Waals surface area contributed by atoms with Gasteiger partial charge in [-0.25, -0.2) is 0 Å². The van der Waals surface area contributed by atoms with E-state index in [1.165, 1.54) is 11.1 Å². The number of anilines is 2. The molecule has 0 saturated carbocycles. The van der Waals surface area contributed by atoms with Crippen LogP contribution >= 0.6 is 0 Å². The molecule has 4 atom stereocenters. The average molecular weight is 944 g/mol. The first-order valence-corrected chi connectivity index (χ1v) is 26.3. The number of hydrogen-bond acceptors (Lipinski definition) is 2. The van der Waals surface area contributed by atoms with Crippen LogP contribution in [-0.2, 0) is 22.4 Å². The fourth-order valence-electron chi connectivity index (χ4n) is 6.67. The number of amides is 2. The van der Waals surface area contributed by atoms with Crippen molar-refractivity contribution in [1.29, 1.82) is 0 Å². The summed E-state index contributed by atoms with van der Waals surface area (Å²) >= 11 is 0. The van der Waals surface area contributed by atoms with Gasteiger partial charge in [0.05, 0.1) is 11.8 Å². The highest BCUT2D eigenvalue weighted by atomic mass is 16.2. The minimum absolute atomic E-state index is 0. The van der Waals surface area contributed by atoms with Crippen molar-refractivity contribution in [3.05, 3.63) is 204 Å². The predicted octanol–water partition coefficient (Wildman–Crippen LogP) is 20.2. The number of carbonyl (C=O) groups excluding carboxylic acids is 2. The van der Waals surface area contributed by atoms with Gasteiger partial charge in [-0.2, -0.15) is 0 Å². The molecule has 2 N–H and O–H groups in total. The highest BCUT2D eigenvalue weighted by molar-refractivity contribution is 5.96. The Morgan fingerprint density at radius 3 is 0.768 bits per heavy atom. The fraction of sp³-hybridized carbons (Fsp3) is 0.415. The summed E-state index contributed by atoms with van der Waals surface area (Å²) in [5, 5.41) is 6.14.